The minimum absolute atomic E-state index is 0.0947. The van der Waals surface area contributed by atoms with Crippen molar-refractivity contribution in [3.63, 3.8) is 0 Å². The first kappa shape index (κ1) is 18.6. The number of methoxy groups -OCH3 is 1. The summed E-state index contributed by atoms with van der Waals surface area (Å²) in [5.41, 5.74) is 1.58. The lowest BCUT2D eigenvalue weighted by atomic mass is 10.1. The van der Waals surface area contributed by atoms with Gasteiger partial charge < -0.3 is 19.3 Å². The van der Waals surface area contributed by atoms with E-state index in [0.29, 0.717) is 23.0 Å². The third kappa shape index (κ3) is 4.55. The molecule has 6 nitrogen and oxygen atoms in total. The molecule has 1 heterocycles. The first-order valence-electron chi connectivity index (χ1n) is 9.19. The van der Waals surface area contributed by atoms with Crippen LogP contribution in [-0.4, -0.2) is 24.8 Å². The molecule has 0 saturated carbocycles. The van der Waals surface area contributed by atoms with Crippen molar-refractivity contribution >= 4 is 16.7 Å². The number of rotatable bonds is 7. The van der Waals surface area contributed by atoms with Crippen molar-refractivity contribution in [3.05, 3.63) is 78.5 Å². The molecule has 0 aliphatic rings. The first-order valence-corrected chi connectivity index (χ1v) is 9.19. The topological polar surface area (TPSA) is 73.6 Å². The minimum Gasteiger partial charge on any atom is -0.497 e. The monoisotopic (exact) mass is 388 g/mol. The van der Waals surface area contributed by atoms with Gasteiger partial charge in [0, 0.05) is 17.7 Å². The van der Waals surface area contributed by atoms with Crippen molar-refractivity contribution < 1.29 is 18.8 Å². The van der Waals surface area contributed by atoms with Gasteiger partial charge in [0.1, 0.15) is 17.2 Å². The zero-order chi connectivity index (χ0) is 20.1. The van der Waals surface area contributed by atoms with E-state index in [9.17, 15) is 4.79 Å². The van der Waals surface area contributed by atoms with E-state index in [1.807, 2.05) is 36.4 Å². The highest BCUT2D eigenvalue weighted by atomic mass is 16.5. The van der Waals surface area contributed by atoms with Gasteiger partial charge in [-0.2, -0.15) is 0 Å². The van der Waals surface area contributed by atoms with Crippen LogP contribution < -0.4 is 14.8 Å². The Morgan fingerprint density at radius 2 is 1.79 bits per heavy atom. The average Bonchev–Trinajstić information content (AvgIpc) is 3.25. The third-order valence-corrected chi connectivity index (χ3v) is 4.47. The SMILES string of the molecule is COc1cccc(OCC(=O)NCc2cc(-c3ccc4ccccc4c3)on2)c1. The van der Waals surface area contributed by atoms with Crippen molar-refractivity contribution in [1.29, 1.82) is 0 Å². The summed E-state index contributed by atoms with van der Waals surface area (Å²) in [4.78, 5) is 12.0. The Kier molecular flexibility index (Phi) is 5.42. The summed E-state index contributed by atoms with van der Waals surface area (Å²) < 4.78 is 16.0. The summed E-state index contributed by atoms with van der Waals surface area (Å²) >= 11 is 0. The molecule has 1 aromatic heterocycles. The van der Waals surface area contributed by atoms with E-state index in [1.54, 1.807) is 25.3 Å². The average molecular weight is 388 g/mol. The zero-order valence-corrected chi connectivity index (χ0v) is 15.9. The Bertz CT molecular complexity index is 1140. The molecule has 0 atom stereocenters. The molecular formula is C23H20N2O4. The molecule has 0 aliphatic carbocycles. The molecule has 6 heteroatoms. The Morgan fingerprint density at radius 1 is 0.966 bits per heavy atom. The van der Waals surface area contributed by atoms with Gasteiger partial charge in [0.15, 0.2) is 12.4 Å². The molecule has 4 aromatic rings. The number of ether oxygens (including phenoxy) is 2. The lowest BCUT2D eigenvalue weighted by molar-refractivity contribution is -0.123. The summed E-state index contributed by atoms with van der Waals surface area (Å²) in [5, 5.41) is 9.11. The molecular weight excluding hydrogens is 368 g/mol. The van der Waals surface area contributed by atoms with Crippen LogP contribution in [0.1, 0.15) is 5.69 Å². The van der Waals surface area contributed by atoms with E-state index >= 15 is 0 Å². The second kappa shape index (κ2) is 8.48. The normalized spacial score (nSPS) is 10.7. The number of aromatic nitrogens is 1. The Morgan fingerprint density at radius 3 is 2.66 bits per heavy atom. The van der Waals surface area contributed by atoms with E-state index in [4.69, 9.17) is 14.0 Å². The fourth-order valence-corrected chi connectivity index (χ4v) is 2.95. The number of carbonyl (C=O) groups is 1. The standard InChI is InChI=1S/C23H20N2O4/c1-27-20-7-4-8-21(13-20)28-15-23(26)24-14-19-12-22(29-25-19)18-10-9-16-5-2-3-6-17(16)11-18/h2-13H,14-15H2,1H3,(H,24,26). The van der Waals surface area contributed by atoms with Crippen molar-refractivity contribution in [2.75, 3.05) is 13.7 Å². The number of carbonyl (C=O) groups excluding carboxylic acids is 1. The lowest BCUT2D eigenvalue weighted by Gasteiger charge is -2.07. The van der Waals surface area contributed by atoms with Crippen LogP contribution in [0.3, 0.4) is 0 Å². The number of nitrogens with zero attached hydrogens (tertiary/aromatic N) is 1. The molecule has 0 aliphatic heterocycles. The highest BCUT2D eigenvalue weighted by Crippen LogP contribution is 2.25. The van der Waals surface area contributed by atoms with Crippen LogP contribution in [0.15, 0.2) is 77.3 Å². The van der Waals surface area contributed by atoms with Crippen molar-refractivity contribution in [3.8, 4) is 22.8 Å². The van der Waals surface area contributed by atoms with Crippen molar-refractivity contribution in [2.24, 2.45) is 0 Å². The summed E-state index contributed by atoms with van der Waals surface area (Å²) in [6.07, 6.45) is 0. The lowest BCUT2D eigenvalue weighted by Crippen LogP contribution is -2.28. The summed E-state index contributed by atoms with van der Waals surface area (Å²) in [7, 11) is 1.58. The fourth-order valence-electron chi connectivity index (χ4n) is 2.95. The van der Waals surface area contributed by atoms with E-state index in [-0.39, 0.29) is 19.1 Å². The molecule has 0 unspecified atom stereocenters. The smallest absolute Gasteiger partial charge is 0.258 e. The molecule has 1 N–H and O–H groups in total. The van der Waals surface area contributed by atoms with Crippen LogP contribution in [0.5, 0.6) is 11.5 Å². The molecule has 0 spiro atoms. The highest BCUT2D eigenvalue weighted by Gasteiger charge is 2.09. The minimum atomic E-state index is -0.247. The van der Waals surface area contributed by atoms with E-state index in [0.717, 1.165) is 10.9 Å². The largest absolute Gasteiger partial charge is 0.497 e. The van der Waals surface area contributed by atoms with Gasteiger partial charge in [-0.3, -0.25) is 4.79 Å². The van der Waals surface area contributed by atoms with Crippen LogP contribution in [0.2, 0.25) is 0 Å². The number of fused-ring (bicyclic) bond motifs is 1. The number of amides is 1. The fraction of sp³-hybridized carbons (Fsp3) is 0.130. The van der Waals surface area contributed by atoms with Crippen molar-refractivity contribution in [2.45, 2.75) is 6.54 Å². The van der Waals surface area contributed by atoms with E-state index in [2.05, 4.69) is 28.7 Å². The number of benzene rings is 3. The maximum Gasteiger partial charge on any atom is 0.258 e. The molecule has 4 rings (SSSR count). The third-order valence-electron chi connectivity index (χ3n) is 4.47. The van der Waals surface area contributed by atoms with Gasteiger partial charge in [-0.05, 0) is 29.0 Å². The maximum absolute atomic E-state index is 12.0. The van der Waals surface area contributed by atoms with Crippen LogP contribution in [0, 0.1) is 0 Å². The molecule has 3 aromatic carbocycles. The Labute approximate surface area is 168 Å². The van der Waals surface area contributed by atoms with Gasteiger partial charge in [-0.25, -0.2) is 0 Å². The second-order valence-corrected chi connectivity index (χ2v) is 6.49. The maximum atomic E-state index is 12.0. The molecule has 146 valence electrons. The Hall–Kier alpha value is -3.80. The summed E-state index contributed by atoms with van der Waals surface area (Å²) in [6, 6.07) is 23.2. The Balaban J connectivity index is 1.33. The molecule has 0 bridgehead atoms. The zero-order valence-electron chi connectivity index (χ0n) is 15.9. The van der Waals surface area contributed by atoms with Crippen LogP contribution in [0.25, 0.3) is 22.1 Å². The molecule has 0 radical (unpaired) electrons. The molecule has 29 heavy (non-hydrogen) atoms. The van der Waals surface area contributed by atoms with Crippen molar-refractivity contribution in [1.82, 2.24) is 10.5 Å². The quantitative estimate of drug-likeness (QED) is 0.514. The van der Waals surface area contributed by atoms with E-state index in [1.165, 1.54) is 5.39 Å². The molecule has 1 amide bonds. The van der Waals surface area contributed by atoms with Crippen LogP contribution in [-0.2, 0) is 11.3 Å². The first-order chi connectivity index (χ1) is 14.2. The summed E-state index contributed by atoms with van der Waals surface area (Å²) in [6.45, 7) is 0.167. The van der Waals surface area contributed by atoms with E-state index < -0.39 is 0 Å². The van der Waals surface area contributed by atoms with Gasteiger partial charge in [0.05, 0.1) is 13.7 Å². The molecule has 0 saturated heterocycles. The van der Waals surface area contributed by atoms with Gasteiger partial charge >= 0.3 is 0 Å². The number of hydrogen-bond acceptors (Lipinski definition) is 5. The van der Waals surface area contributed by atoms with Gasteiger partial charge in [-0.1, -0.05) is 47.6 Å². The van der Waals surface area contributed by atoms with Gasteiger partial charge in [0.2, 0.25) is 0 Å². The van der Waals surface area contributed by atoms with Gasteiger partial charge in [0.25, 0.3) is 5.91 Å². The highest BCUT2D eigenvalue weighted by molar-refractivity contribution is 5.86. The second-order valence-electron chi connectivity index (χ2n) is 6.49. The number of hydrogen-bond donors (Lipinski definition) is 1. The predicted octanol–water partition coefficient (Wildman–Crippen LogP) is 4.20. The van der Waals surface area contributed by atoms with Crippen LogP contribution in [0.4, 0.5) is 0 Å². The van der Waals surface area contributed by atoms with Gasteiger partial charge in [-0.15, -0.1) is 0 Å². The molecule has 0 fully saturated rings. The van der Waals surface area contributed by atoms with Crippen LogP contribution >= 0.6 is 0 Å². The predicted molar refractivity (Wildman–Crippen MR) is 110 cm³/mol. The number of nitrogens with one attached hydrogen (secondary N) is 1. The summed E-state index contributed by atoms with van der Waals surface area (Å²) in [5.74, 6) is 1.65.